The summed E-state index contributed by atoms with van der Waals surface area (Å²) in [6, 6.07) is 0. The van der Waals surface area contributed by atoms with Gasteiger partial charge in [-0.2, -0.15) is 0 Å². The van der Waals surface area contributed by atoms with Gasteiger partial charge in [-0.05, 0) is 0 Å². The minimum absolute atomic E-state index is 0. The molecule has 0 saturated carbocycles. The lowest BCUT2D eigenvalue weighted by atomic mass is 10.7. The fourth-order valence-corrected chi connectivity index (χ4v) is 2.79. The SMILES string of the molecule is C=CCP(=O)(CC=C)CC=C.[C]. The molecule has 0 aliphatic carbocycles. The summed E-state index contributed by atoms with van der Waals surface area (Å²) in [6.45, 7) is 10.7. The van der Waals surface area contributed by atoms with Crippen LogP contribution in [0.15, 0.2) is 38.0 Å². The maximum absolute atomic E-state index is 11.8. The van der Waals surface area contributed by atoms with Gasteiger partial charge in [-0.1, -0.05) is 18.2 Å². The van der Waals surface area contributed by atoms with E-state index in [0.717, 1.165) is 0 Å². The van der Waals surface area contributed by atoms with Gasteiger partial charge in [0.15, 0.2) is 0 Å². The Hall–Kier alpha value is -0.550. The predicted molar refractivity (Wildman–Crippen MR) is 56.0 cm³/mol. The van der Waals surface area contributed by atoms with Gasteiger partial charge in [-0.25, -0.2) is 0 Å². The van der Waals surface area contributed by atoms with E-state index in [1.165, 1.54) is 0 Å². The van der Waals surface area contributed by atoms with Gasteiger partial charge in [0.05, 0.1) is 7.14 Å². The number of hydrogen-bond acceptors (Lipinski definition) is 1. The normalized spacial score (nSPS) is 9.67. The van der Waals surface area contributed by atoms with Crippen LogP contribution >= 0.6 is 7.14 Å². The average Bonchev–Trinajstić information content (AvgIpc) is 1.88. The molecule has 66 valence electrons. The molecule has 0 aromatic carbocycles. The molecule has 0 heterocycles. The molecule has 0 spiro atoms. The van der Waals surface area contributed by atoms with Crippen molar-refractivity contribution < 1.29 is 4.57 Å². The zero-order chi connectivity index (χ0) is 8.74. The lowest BCUT2D eigenvalue weighted by Crippen LogP contribution is -1.93. The number of hydrogen-bond donors (Lipinski definition) is 0. The zero-order valence-corrected chi connectivity index (χ0v) is 8.22. The summed E-state index contributed by atoms with van der Waals surface area (Å²) in [5, 5.41) is 0. The Balaban J connectivity index is 0. The molecule has 1 nitrogen and oxygen atoms in total. The Labute approximate surface area is 76.3 Å². The second kappa shape index (κ2) is 7.12. The van der Waals surface area contributed by atoms with Crippen molar-refractivity contribution in [2.45, 2.75) is 0 Å². The first-order chi connectivity index (χ1) is 5.18. The number of allylic oxidation sites excluding steroid dienone is 3. The van der Waals surface area contributed by atoms with Gasteiger partial charge in [0.2, 0.25) is 0 Å². The lowest BCUT2D eigenvalue weighted by molar-refractivity contribution is 0.580. The van der Waals surface area contributed by atoms with E-state index in [2.05, 4.69) is 19.7 Å². The first kappa shape index (κ1) is 14.0. The van der Waals surface area contributed by atoms with Crippen LogP contribution in [0.5, 0.6) is 0 Å². The average molecular weight is 182 g/mol. The van der Waals surface area contributed by atoms with Gasteiger partial charge in [0, 0.05) is 25.9 Å². The quantitative estimate of drug-likeness (QED) is 0.456. The van der Waals surface area contributed by atoms with Crippen LogP contribution in [0.2, 0.25) is 0 Å². The lowest BCUT2D eigenvalue weighted by Gasteiger charge is -2.10. The molecule has 4 radical (unpaired) electrons. The molecule has 0 saturated heterocycles. The Kier molecular flexibility index (Phi) is 8.31. The monoisotopic (exact) mass is 182 g/mol. The molecule has 0 aromatic heterocycles. The topological polar surface area (TPSA) is 17.1 Å². The second-order valence-electron chi connectivity index (χ2n) is 2.47. The highest BCUT2D eigenvalue weighted by atomic mass is 31.2. The maximum atomic E-state index is 11.8. The number of rotatable bonds is 6. The van der Waals surface area contributed by atoms with Crippen LogP contribution in [0.3, 0.4) is 0 Å². The highest BCUT2D eigenvalue weighted by Gasteiger charge is 2.15. The van der Waals surface area contributed by atoms with E-state index in [9.17, 15) is 4.57 Å². The fourth-order valence-electron chi connectivity index (χ4n) is 0.929. The molecule has 0 rings (SSSR count). The third-order valence-electron chi connectivity index (χ3n) is 1.39. The summed E-state index contributed by atoms with van der Waals surface area (Å²) < 4.78 is 11.8. The molecule has 0 aromatic rings. The van der Waals surface area contributed by atoms with Crippen LogP contribution in [0.1, 0.15) is 0 Å². The minimum atomic E-state index is -2.07. The Morgan fingerprint density at radius 1 is 0.917 bits per heavy atom. The largest absolute Gasteiger partial charge is 0.323 e. The van der Waals surface area contributed by atoms with Crippen molar-refractivity contribution in [3.8, 4) is 0 Å². The molecule has 0 aliphatic heterocycles. The highest BCUT2D eigenvalue weighted by Crippen LogP contribution is 2.45. The molecule has 0 bridgehead atoms. The van der Waals surface area contributed by atoms with Gasteiger partial charge >= 0.3 is 0 Å². The maximum Gasteiger partial charge on any atom is 0.0984 e. The van der Waals surface area contributed by atoms with Crippen molar-refractivity contribution >= 4 is 7.14 Å². The van der Waals surface area contributed by atoms with Crippen molar-refractivity contribution in [2.24, 2.45) is 0 Å². The van der Waals surface area contributed by atoms with Crippen molar-refractivity contribution in [3.63, 3.8) is 0 Å². The highest BCUT2D eigenvalue weighted by molar-refractivity contribution is 7.64. The van der Waals surface area contributed by atoms with Crippen molar-refractivity contribution in [1.29, 1.82) is 0 Å². The summed E-state index contributed by atoms with van der Waals surface area (Å²) in [5.74, 6) is 0. The van der Waals surface area contributed by atoms with Crippen LogP contribution in [-0.4, -0.2) is 18.5 Å². The van der Waals surface area contributed by atoms with Gasteiger partial charge in [-0.15, -0.1) is 19.7 Å². The van der Waals surface area contributed by atoms with E-state index in [1.807, 2.05) is 0 Å². The summed E-state index contributed by atoms with van der Waals surface area (Å²) in [4.78, 5) is 0. The van der Waals surface area contributed by atoms with Crippen LogP contribution in [0, 0.1) is 7.43 Å². The Morgan fingerprint density at radius 2 is 1.17 bits per heavy atom. The smallest absolute Gasteiger partial charge is 0.0984 e. The molecule has 0 fully saturated rings. The molecule has 0 unspecified atom stereocenters. The summed E-state index contributed by atoms with van der Waals surface area (Å²) in [5.41, 5.74) is 0. The first-order valence-electron chi connectivity index (χ1n) is 3.58. The van der Waals surface area contributed by atoms with Crippen LogP contribution in [0.4, 0.5) is 0 Å². The first-order valence-corrected chi connectivity index (χ1v) is 5.84. The van der Waals surface area contributed by atoms with Gasteiger partial charge in [0.25, 0.3) is 0 Å². The molecule has 0 aliphatic rings. The zero-order valence-electron chi connectivity index (χ0n) is 7.33. The Morgan fingerprint density at radius 3 is 1.33 bits per heavy atom. The molecular formula is C10H15OP. The predicted octanol–water partition coefficient (Wildman–Crippen LogP) is 2.99. The standard InChI is InChI=1S/C9H15OP.C/c1-4-7-11(10,8-5-2)9-6-3;/h4-6H,1-3,7-9H2;. The molecule has 2 heteroatoms. The molecule has 0 amide bonds. The van der Waals surface area contributed by atoms with E-state index in [0.29, 0.717) is 18.5 Å². The van der Waals surface area contributed by atoms with E-state index in [1.54, 1.807) is 18.2 Å². The third-order valence-corrected chi connectivity index (χ3v) is 4.16. The minimum Gasteiger partial charge on any atom is -0.323 e. The molecule has 12 heavy (non-hydrogen) atoms. The van der Waals surface area contributed by atoms with E-state index in [4.69, 9.17) is 0 Å². The molecule has 0 atom stereocenters. The van der Waals surface area contributed by atoms with Crippen LogP contribution < -0.4 is 0 Å². The summed E-state index contributed by atoms with van der Waals surface area (Å²) in [7, 11) is -2.07. The van der Waals surface area contributed by atoms with Crippen LogP contribution in [-0.2, 0) is 4.57 Å². The van der Waals surface area contributed by atoms with E-state index < -0.39 is 7.14 Å². The molecule has 0 N–H and O–H groups in total. The Bertz CT molecular complexity index is 161. The van der Waals surface area contributed by atoms with Crippen LogP contribution in [0.25, 0.3) is 0 Å². The summed E-state index contributed by atoms with van der Waals surface area (Å²) in [6.07, 6.45) is 6.87. The molecular weight excluding hydrogens is 167 g/mol. The second-order valence-corrected chi connectivity index (χ2v) is 5.68. The van der Waals surface area contributed by atoms with Gasteiger partial charge in [0.1, 0.15) is 0 Å². The van der Waals surface area contributed by atoms with E-state index >= 15 is 0 Å². The fraction of sp³-hybridized carbons (Fsp3) is 0.300. The van der Waals surface area contributed by atoms with Crippen molar-refractivity contribution in [1.82, 2.24) is 0 Å². The van der Waals surface area contributed by atoms with Crippen molar-refractivity contribution in [3.05, 3.63) is 45.4 Å². The third kappa shape index (κ3) is 5.15. The summed E-state index contributed by atoms with van der Waals surface area (Å²) >= 11 is 0. The van der Waals surface area contributed by atoms with Gasteiger partial charge in [-0.3, -0.25) is 0 Å². The van der Waals surface area contributed by atoms with Gasteiger partial charge < -0.3 is 4.57 Å². The van der Waals surface area contributed by atoms with E-state index in [-0.39, 0.29) is 7.43 Å². The van der Waals surface area contributed by atoms with Crippen molar-refractivity contribution in [2.75, 3.05) is 18.5 Å².